The number of benzene rings is 1. The molecule has 0 radical (unpaired) electrons. The fraction of sp³-hybridized carbons (Fsp3) is 0.375. The van der Waals surface area contributed by atoms with E-state index in [2.05, 4.69) is 24.0 Å². The van der Waals surface area contributed by atoms with E-state index in [1.807, 2.05) is 18.3 Å². The van der Waals surface area contributed by atoms with Crippen LogP contribution >= 0.6 is 0 Å². The number of aliphatic hydroxyl groups is 2. The molecule has 0 aliphatic heterocycles. The normalized spacial score (nSPS) is 13.2. The van der Waals surface area contributed by atoms with Gasteiger partial charge in [-0.3, -0.25) is 0 Å². The van der Waals surface area contributed by atoms with E-state index in [4.69, 9.17) is 20.4 Å². The first-order valence-electron chi connectivity index (χ1n) is 7.39. The van der Waals surface area contributed by atoms with Crippen molar-refractivity contribution in [3.8, 4) is 5.75 Å². The van der Waals surface area contributed by atoms with E-state index in [0.717, 1.165) is 23.9 Å². The Labute approximate surface area is 143 Å². The van der Waals surface area contributed by atoms with Crippen LogP contribution in [0.2, 0.25) is 0 Å². The molecular weight excluding hydrogens is 332 g/mol. The molecule has 2 rings (SSSR count). The van der Waals surface area contributed by atoms with Crippen molar-refractivity contribution in [2.45, 2.75) is 18.6 Å². The number of aliphatic hydroxyl groups excluding tert-OH is 2. The lowest BCUT2D eigenvalue weighted by Crippen LogP contribution is -2.39. The average molecular weight is 354 g/mol. The number of nitrogens with one attached hydrogen (secondary N) is 1. The van der Waals surface area contributed by atoms with Crippen LogP contribution in [0, 0.1) is 0 Å². The van der Waals surface area contributed by atoms with E-state index < -0.39 is 24.1 Å². The van der Waals surface area contributed by atoms with Crippen molar-refractivity contribution in [1.82, 2.24) is 9.88 Å². The third-order valence-electron chi connectivity index (χ3n) is 3.40. The van der Waals surface area contributed by atoms with Crippen LogP contribution in [-0.2, 0) is 16.0 Å². The van der Waals surface area contributed by atoms with Gasteiger partial charge in [0.25, 0.3) is 0 Å². The first-order valence-corrected chi connectivity index (χ1v) is 7.39. The number of aromatic amines is 1. The minimum absolute atomic E-state index is 0.363. The molecule has 25 heavy (non-hydrogen) atoms. The molecule has 138 valence electrons. The Morgan fingerprint density at radius 2 is 1.68 bits per heavy atom. The number of hydrogen-bond donors (Lipinski definition) is 6. The van der Waals surface area contributed by atoms with Gasteiger partial charge in [-0.1, -0.05) is 6.07 Å². The molecule has 0 saturated heterocycles. The van der Waals surface area contributed by atoms with Crippen LogP contribution in [0.1, 0.15) is 5.56 Å². The highest BCUT2D eigenvalue weighted by molar-refractivity contribution is 5.89. The van der Waals surface area contributed by atoms with Crippen molar-refractivity contribution < 1.29 is 35.1 Å². The minimum Gasteiger partial charge on any atom is -0.507 e. The number of nitrogens with zero attached hydrogens (tertiary/aromatic N) is 1. The number of hydrogen-bond acceptors (Lipinski definition) is 6. The summed E-state index contributed by atoms with van der Waals surface area (Å²) in [4.78, 5) is 24.9. The Balaban J connectivity index is 0.000000275. The van der Waals surface area contributed by atoms with E-state index in [9.17, 15) is 14.7 Å². The minimum atomic E-state index is -2.27. The molecule has 1 heterocycles. The summed E-state index contributed by atoms with van der Waals surface area (Å²) < 4.78 is 0. The van der Waals surface area contributed by atoms with E-state index >= 15 is 0 Å². The molecule has 0 aliphatic rings. The topological polar surface area (TPSA) is 154 Å². The maximum Gasteiger partial charge on any atom is 0.335 e. The number of fused-ring (bicyclic) bond motifs is 1. The van der Waals surface area contributed by atoms with Crippen LogP contribution in [0.5, 0.6) is 5.75 Å². The summed E-state index contributed by atoms with van der Waals surface area (Å²) >= 11 is 0. The number of phenols is 1. The Bertz CT molecular complexity index is 708. The number of H-pyrrole nitrogens is 1. The van der Waals surface area contributed by atoms with Gasteiger partial charge in [-0.2, -0.15) is 0 Å². The number of aromatic nitrogens is 1. The van der Waals surface area contributed by atoms with E-state index in [1.165, 1.54) is 5.56 Å². The van der Waals surface area contributed by atoms with Gasteiger partial charge in [0.1, 0.15) is 5.75 Å². The van der Waals surface area contributed by atoms with E-state index in [1.54, 1.807) is 6.07 Å². The second kappa shape index (κ2) is 9.02. The molecule has 2 atom stereocenters. The second-order valence-corrected chi connectivity index (χ2v) is 5.63. The Hall–Kier alpha value is -2.62. The van der Waals surface area contributed by atoms with Crippen LogP contribution in [-0.4, -0.2) is 80.2 Å². The third-order valence-corrected chi connectivity index (χ3v) is 3.40. The zero-order valence-electron chi connectivity index (χ0n) is 13.9. The van der Waals surface area contributed by atoms with Crippen molar-refractivity contribution >= 4 is 22.8 Å². The molecule has 2 unspecified atom stereocenters. The summed E-state index contributed by atoms with van der Waals surface area (Å²) in [6, 6.07) is 5.56. The molecule has 0 fully saturated rings. The molecule has 9 heteroatoms. The third kappa shape index (κ3) is 5.75. The molecule has 0 spiro atoms. The molecule has 1 aromatic heterocycles. The Morgan fingerprint density at radius 3 is 2.16 bits per heavy atom. The van der Waals surface area contributed by atoms with Gasteiger partial charge < -0.3 is 35.4 Å². The van der Waals surface area contributed by atoms with Gasteiger partial charge in [-0.15, -0.1) is 0 Å². The summed E-state index contributed by atoms with van der Waals surface area (Å²) in [6.45, 7) is 0.987. The van der Waals surface area contributed by atoms with Crippen molar-refractivity contribution in [3.05, 3.63) is 30.0 Å². The van der Waals surface area contributed by atoms with Gasteiger partial charge in [0, 0.05) is 23.6 Å². The van der Waals surface area contributed by atoms with Crippen LogP contribution in [0.25, 0.3) is 10.9 Å². The number of aliphatic carboxylic acids is 2. The number of phenolic OH excluding ortho intramolecular Hbond substituents is 1. The van der Waals surface area contributed by atoms with Crippen LogP contribution < -0.4 is 0 Å². The molecular formula is C16H22N2O7. The summed E-state index contributed by atoms with van der Waals surface area (Å²) in [5.41, 5.74) is 2.18. The largest absolute Gasteiger partial charge is 0.507 e. The van der Waals surface area contributed by atoms with E-state index in [-0.39, 0.29) is 0 Å². The highest BCUT2D eigenvalue weighted by Crippen LogP contribution is 2.27. The van der Waals surface area contributed by atoms with Crippen molar-refractivity contribution in [2.24, 2.45) is 0 Å². The summed E-state index contributed by atoms with van der Waals surface area (Å²) in [5.74, 6) is -3.17. The van der Waals surface area contributed by atoms with Gasteiger partial charge in [0.05, 0.1) is 0 Å². The first-order chi connectivity index (χ1) is 11.6. The summed E-state index contributed by atoms with van der Waals surface area (Å²) in [7, 11) is 4.10. The maximum atomic E-state index is 9.77. The molecule has 0 aliphatic carbocycles. The lowest BCUT2D eigenvalue weighted by Gasteiger charge is -2.08. The van der Waals surface area contributed by atoms with Gasteiger partial charge in [0.2, 0.25) is 0 Å². The van der Waals surface area contributed by atoms with E-state index in [0.29, 0.717) is 5.75 Å². The van der Waals surface area contributed by atoms with Crippen molar-refractivity contribution in [2.75, 3.05) is 20.6 Å². The van der Waals surface area contributed by atoms with Gasteiger partial charge in [0.15, 0.2) is 12.2 Å². The highest BCUT2D eigenvalue weighted by atomic mass is 16.4. The molecule has 0 amide bonds. The molecule has 9 nitrogen and oxygen atoms in total. The maximum absolute atomic E-state index is 9.77. The standard InChI is InChI=1S/C12H16N2O.C4H6O6/c1-14(2)7-6-9-8-13-10-4-3-5-11(15)12(9)10;5-1(3(7)8)2(6)4(9)10/h3-5,8,13,15H,6-7H2,1-2H3;1-2,5-6H,(H,7,8)(H,9,10). The first kappa shape index (κ1) is 20.4. The fourth-order valence-corrected chi connectivity index (χ4v) is 2.05. The number of aromatic hydroxyl groups is 1. The predicted octanol–water partition coefficient (Wildman–Crippen LogP) is -0.145. The molecule has 0 bridgehead atoms. The summed E-state index contributed by atoms with van der Waals surface area (Å²) in [5, 5.41) is 43.3. The predicted molar refractivity (Wildman–Crippen MR) is 89.5 cm³/mol. The highest BCUT2D eigenvalue weighted by Gasteiger charge is 2.29. The molecule has 2 aromatic rings. The second-order valence-electron chi connectivity index (χ2n) is 5.63. The van der Waals surface area contributed by atoms with Crippen molar-refractivity contribution in [3.63, 3.8) is 0 Å². The number of carboxylic acids is 2. The Morgan fingerprint density at radius 1 is 1.12 bits per heavy atom. The summed E-state index contributed by atoms with van der Waals surface area (Å²) in [6.07, 6.45) is -1.60. The Kier molecular flexibility index (Phi) is 7.37. The lowest BCUT2D eigenvalue weighted by atomic mass is 10.1. The number of carboxylic acid groups (broad SMARTS) is 2. The smallest absolute Gasteiger partial charge is 0.335 e. The van der Waals surface area contributed by atoms with Gasteiger partial charge >= 0.3 is 11.9 Å². The van der Waals surface area contributed by atoms with Gasteiger partial charge in [-0.25, -0.2) is 9.59 Å². The van der Waals surface area contributed by atoms with Crippen LogP contribution in [0.3, 0.4) is 0 Å². The number of rotatable bonds is 6. The van der Waals surface area contributed by atoms with Gasteiger partial charge in [-0.05, 0) is 38.2 Å². The lowest BCUT2D eigenvalue weighted by molar-refractivity contribution is -0.165. The average Bonchev–Trinajstić information content (AvgIpc) is 2.96. The van der Waals surface area contributed by atoms with Crippen LogP contribution in [0.4, 0.5) is 0 Å². The quantitative estimate of drug-likeness (QED) is 0.419. The zero-order valence-corrected chi connectivity index (χ0v) is 13.9. The fourth-order valence-electron chi connectivity index (χ4n) is 2.05. The SMILES string of the molecule is CN(C)CCc1c[nH]c2cccc(O)c12.O=C(O)C(O)C(O)C(=O)O. The zero-order chi connectivity index (χ0) is 19.1. The number of carbonyl (C=O) groups is 2. The molecule has 6 N–H and O–H groups in total. The monoisotopic (exact) mass is 354 g/mol. The molecule has 0 saturated carbocycles. The van der Waals surface area contributed by atoms with Crippen LogP contribution in [0.15, 0.2) is 24.4 Å². The van der Waals surface area contributed by atoms with Crippen molar-refractivity contribution in [1.29, 1.82) is 0 Å². The number of likely N-dealkylation sites (N-methyl/N-ethyl adjacent to an activating group) is 1. The molecule has 1 aromatic carbocycles.